The summed E-state index contributed by atoms with van der Waals surface area (Å²) in [6.07, 6.45) is 2.16. The van der Waals surface area contributed by atoms with E-state index in [1.165, 1.54) is 10.8 Å². The third-order valence-electron chi connectivity index (χ3n) is 0.768. The van der Waals surface area contributed by atoms with E-state index in [-0.39, 0.29) is 0 Å². The van der Waals surface area contributed by atoms with Crippen molar-refractivity contribution in [2.24, 2.45) is 0 Å². The number of thioether (sulfide) groups is 2. The predicted octanol–water partition coefficient (Wildman–Crippen LogP) is 3.79. The van der Waals surface area contributed by atoms with Gasteiger partial charge in [-0.2, -0.15) is 0 Å². The molecule has 0 N–H and O–H groups in total. The highest BCUT2D eigenvalue weighted by molar-refractivity contribution is 8.78. The Morgan fingerprint density at radius 2 is 1.80 bits per heavy atom. The summed E-state index contributed by atoms with van der Waals surface area (Å²) in [7, 11) is 3.69. The van der Waals surface area contributed by atoms with Crippen molar-refractivity contribution in [2.75, 3.05) is 10.8 Å². The van der Waals surface area contributed by atoms with E-state index in [0.717, 1.165) is 0 Å². The van der Waals surface area contributed by atoms with Crippen LogP contribution in [-0.2, 0) is 0 Å². The number of hydrogen-bond donors (Lipinski definition) is 0. The lowest BCUT2D eigenvalue weighted by Gasteiger charge is -1.69. The molecular weight excluding hydrogens is 200 g/mol. The lowest BCUT2D eigenvalue weighted by molar-refractivity contribution is 1.85. The molecule has 0 atom stereocenters. The van der Waals surface area contributed by atoms with Gasteiger partial charge in [-0.25, -0.2) is 0 Å². The lowest BCUT2D eigenvalue weighted by Crippen LogP contribution is -1.46. The molecule has 0 aromatic heterocycles. The van der Waals surface area contributed by atoms with Gasteiger partial charge in [0, 0.05) is 10.8 Å². The van der Waals surface area contributed by atoms with Crippen LogP contribution in [0.25, 0.3) is 0 Å². The van der Waals surface area contributed by atoms with E-state index in [9.17, 15) is 0 Å². The second-order valence-electron chi connectivity index (χ2n) is 1.48. The molecule has 0 fully saturated rings. The third kappa shape index (κ3) is 4.66. The first kappa shape index (κ1) is 8.97. The van der Waals surface area contributed by atoms with Gasteiger partial charge in [-0.3, -0.25) is 0 Å². The molecule has 56 valence electrons. The van der Waals surface area contributed by atoms with Gasteiger partial charge in [0.2, 0.25) is 0 Å². The maximum atomic E-state index is 2.16. The fourth-order valence-electron chi connectivity index (χ4n) is 0.393. The molecule has 0 saturated carbocycles. The summed E-state index contributed by atoms with van der Waals surface area (Å²) >= 11 is 3.71. The topological polar surface area (TPSA) is 0 Å². The maximum absolute atomic E-state index is 2.16. The van der Waals surface area contributed by atoms with Crippen molar-refractivity contribution in [3.63, 3.8) is 0 Å². The van der Waals surface area contributed by atoms with Gasteiger partial charge in [0.1, 0.15) is 0 Å². The zero-order valence-corrected chi connectivity index (χ0v) is 8.62. The highest BCUT2D eigenvalue weighted by Crippen LogP contribution is 2.27. The molecule has 0 aliphatic carbocycles. The van der Waals surface area contributed by atoms with Crippen LogP contribution in [0.1, 0.15) is 0 Å². The molecule has 10 heavy (non-hydrogen) atoms. The van der Waals surface area contributed by atoms with Gasteiger partial charge in [-0.15, -0.1) is 23.5 Å². The molecule has 0 aromatic carbocycles. The first-order valence-corrected chi connectivity index (χ1v) is 7.29. The monoisotopic (exact) mass is 208 g/mol. The van der Waals surface area contributed by atoms with E-state index < -0.39 is 0 Å². The van der Waals surface area contributed by atoms with Crippen molar-refractivity contribution in [1.29, 1.82) is 0 Å². The van der Waals surface area contributed by atoms with Crippen LogP contribution in [0.5, 0.6) is 0 Å². The van der Waals surface area contributed by atoms with E-state index in [1.54, 1.807) is 0 Å². The zero-order chi connectivity index (χ0) is 7.07. The van der Waals surface area contributed by atoms with E-state index >= 15 is 0 Å². The summed E-state index contributed by atoms with van der Waals surface area (Å²) in [5.41, 5.74) is 0. The molecule has 2 aliphatic rings. The summed E-state index contributed by atoms with van der Waals surface area (Å²) in [6.45, 7) is 0. The van der Waals surface area contributed by atoms with Crippen LogP contribution in [-0.4, -0.2) is 10.8 Å². The van der Waals surface area contributed by atoms with Gasteiger partial charge >= 0.3 is 0 Å². The quantitative estimate of drug-likeness (QED) is 0.555. The van der Waals surface area contributed by atoms with Crippen LogP contribution >= 0.6 is 45.1 Å². The van der Waals surface area contributed by atoms with Gasteiger partial charge in [0.25, 0.3) is 0 Å². The Labute approximate surface area is 78.1 Å². The summed E-state index contributed by atoms with van der Waals surface area (Å²) in [5.74, 6) is 1.20. The van der Waals surface area contributed by atoms with Crippen molar-refractivity contribution >= 4 is 45.1 Å². The molecule has 0 aromatic rings. The van der Waals surface area contributed by atoms with Crippen LogP contribution in [0, 0.1) is 0 Å². The third-order valence-corrected chi connectivity index (χ3v) is 4.60. The molecule has 0 bridgehead atoms. The number of hydrogen-bond acceptors (Lipinski definition) is 4. The molecule has 4 heteroatoms. The van der Waals surface area contributed by atoms with Gasteiger partial charge in [0.15, 0.2) is 0 Å². The zero-order valence-electron chi connectivity index (χ0n) is 5.36. The Morgan fingerprint density at radius 1 is 1.00 bits per heavy atom. The lowest BCUT2D eigenvalue weighted by atomic mass is 10.8. The molecule has 0 unspecified atom stereocenters. The van der Waals surface area contributed by atoms with Crippen LogP contribution in [0.15, 0.2) is 22.3 Å². The van der Waals surface area contributed by atoms with Crippen molar-refractivity contribution in [2.45, 2.75) is 0 Å². The van der Waals surface area contributed by atoms with Crippen LogP contribution in [0.2, 0.25) is 0 Å². The van der Waals surface area contributed by atoms with Crippen molar-refractivity contribution in [3.05, 3.63) is 22.3 Å². The Balaban J connectivity index is 0.0000001000. The molecule has 0 amide bonds. The van der Waals surface area contributed by atoms with Gasteiger partial charge in [-0.05, 0) is 16.2 Å². The average molecular weight is 208 g/mol. The molecule has 2 aliphatic heterocycles. The van der Waals surface area contributed by atoms with Gasteiger partial charge in [0.05, 0.1) is 0 Å². The molecule has 2 heterocycles. The normalized spacial score (nSPS) is 20.8. The molecule has 0 radical (unpaired) electrons. The largest absolute Gasteiger partial charge is 0.122 e. The highest BCUT2D eigenvalue weighted by atomic mass is 33.1. The number of rotatable bonds is 0. The van der Waals surface area contributed by atoms with Crippen LogP contribution in [0.4, 0.5) is 0 Å². The van der Waals surface area contributed by atoms with Crippen molar-refractivity contribution in [1.82, 2.24) is 0 Å². The molecule has 2 rings (SSSR count). The average Bonchev–Trinajstić information content (AvgIpc) is 2.67. The second-order valence-corrected chi connectivity index (χ2v) is 5.95. The van der Waals surface area contributed by atoms with Gasteiger partial charge in [-0.1, -0.05) is 27.7 Å². The first-order chi connectivity index (χ1) is 5.00. The van der Waals surface area contributed by atoms with Gasteiger partial charge < -0.3 is 0 Å². The Morgan fingerprint density at radius 3 is 2.00 bits per heavy atom. The standard InChI is InChI=1S/2C3H4S2/c1-2-5-3-4-1;1-2-4-5-3-1/h2*1-2H,3H2. The molecular formula is C6H8S4. The smallest absolute Gasteiger partial charge is 0.0475 e. The van der Waals surface area contributed by atoms with E-state index in [1.807, 2.05) is 45.1 Å². The summed E-state index contributed by atoms with van der Waals surface area (Å²) in [6, 6.07) is 0. The SMILES string of the molecule is C1=CSCS1.C1=CSSC1. The Kier molecular flexibility index (Phi) is 5.90. The maximum Gasteiger partial charge on any atom is 0.0475 e. The summed E-state index contributed by atoms with van der Waals surface area (Å²) < 4.78 is 0. The second kappa shape index (κ2) is 6.58. The molecule has 0 nitrogen and oxygen atoms in total. The van der Waals surface area contributed by atoms with E-state index in [2.05, 4.69) is 22.3 Å². The van der Waals surface area contributed by atoms with Crippen LogP contribution < -0.4 is 0 Å². The predicted molar refractivity (Wildman–Crippen MR) is 58.4 cm³/mol. The minimum atomic E-state index is 1.20. The minimum Gasteiger partial charge on any atom is -0.122 e. The van der Waals surface area contributed by atoms with E-state index in [0.29, 0.717) is 0 Å². The Bertz CT molecular complexity index is 102. The molecule has 0 saturated heterocycles. The highest BCUT2D eigenvalue weighted by Gasteiger charge is 1.86. The van der Waals surface area contributed by atoms with E-state index in [4.69, 9.17) is 0 Å². The fraction of sp³-hybridized carbons (Fsp3) is 0.333. The molecule has 0 spiro atoms. The van der Waals surface area contributed by atoms with Crippen molar-refractivity contribution in [3.8, 4) is 0 Å². The van der Waals surface area contributed by atoms with Crippen molar-refractivity contribution < 1.29 is 0 Å². The van der Waals surface area contributed by atoms with Crippen LogP contribution in [0.3, 0.4) is 0 Å². The summed E-state index contributed by atoms with van der Waals surface area (Å²) in [5, 5.41) is 7.57. The minimum absolute atomic E-state index is 1.20. The Hall–Kier alpha value is 0.880. The fourth-order valence-corrected chi connectivity index (χ4v) is 3.54. The summed E-state index contributed by atoms with van der Waals surface area (Å²) in [4.78, 5) is 0. The first-order valence-electron chi connectivity index (χ1n) is 2.81.